The summed E-state index contributed by atoms with van der Waals surface area (Å²) >= 11 is 1.60. The van der Waals surface area contributed by atoms with Gasteiger partial charge in [-0.2, -0.15) is 4.99 Å². The Kier molecular flexibility index (Phi) is 2.89. The Morgan fingerprint density at radius 3 is 2.89 bits per heavy atom. The minimum absolute atomic E-state index is 0.177. The van der Waals surface area contributed by atoms with Gasteiger partial charge in [0, 0.05) is 18.1 Å². The number of nitrogens with zero attached hydrogens (tertiary/aromatic N) is 5. The van der Waals surface area contributed by atoms with Crippen molar-refractivity contribution < 1.29 is 0 Å². The van der Waals surface area contributed by atoms with Crippen LogP contribution in [0.4, 0.5) is 0 Å². The minimum Gasteiger partial charge on any atom is -0.368 e. The molecule has 1 unspecified atom stereocenters. The highest BCUT2D eigenvalue weighted by molar-refractivity contribution is 8.13. The Balaban J connectivity index is 1.75. The SMILES string of the molecule is NC1=NC2=NC=NC2C(SCc2ccncc2)=N1. The number of guanidine groups is 1. The molecule has 3 heterocycles. The number of hydrogen-bond donors (Lipinski definition) is 1. The van der Waals surface area contributed by atoms with Gasteiger partial charge in [-0.15, -0.1) is 11.8 Å². The molecule has 1 aromatic rings. The van der Waals surface area contributed by atoms with Crippen LogP contribution in [0.1, 0.15) is 5.56 Å². The molecule has 2 aliphatic heterocycles. The highest BCUT2D eigenvalue weighted by Crippen LogP contribution is 2.22. The molecular weight excluding hydrogens is 248 g/mol. The van der Waals surface area contributed by atoms with Crippen molar-refractivity contribution in [3.63, 3.8) is 0 Å². The highest BCUT2D eigenvalue weighted by Gasteiger charge is 2.28. The fourth-order valence-electron chi connectivity index (χ4n) is 1.62. The van der Waals surface area contributed by atoms with E-state index < -0.39 is 0 Å². The fourth-order valence-corrected chi connectivity index (χ4v) is 2.61. The third-order valence-corrected chi connectivity index (χ3v) is 3.56. The van der Waals surface area contributed by atoms with Crippen molar-refractivity contribution in [1.82, 2.24) is 4.98 Å². The van der Waals surface area contributed by atoms with E-state index >= 15 is 0 Å². The molecule has 0 fully saturated rings. The summed E-state index contributed by atoms with van der Waals surface area (Å²) in [4.78, 5) is 20.6. The van der Waals surface area contributed by atoms with E-state index in [1.807, 2.05) is 12.1 Å². The normalized spacial score (nSPS) is 21.1. The predicted octanol–water partition coefficient (Wildman–Crippen LogP) is 0.851. The van der Waals surface area contributed by atoms with Gasteiger partial charge in [-0.3, -0.25) is 9.98 Å². The first-order chi connectivity index (χ1) is 8.83. The van der Waals surface area contributed by atoms with Crippen molar-refractivity contribution in [2.45, 2.75) is 11.8 Å². The highest BCUT2D eigenvalue weighted by atomic mass is 32.2. The summed E-state index contributed by atoms with van der Waals surface area (Å²) in [5.41, 5.74) is 6.83. The van der Waals surface area contributed by atoms with Crippen LogP contribution in [-0.4, -0.2) is 34.2 Å². The van der Waals surface area contributed by atoms with Crippen LogP contribution in [0.3, 0.4) is 0 Å². The Bertz CT molecular complexity index is 574. The van der Waals surface area contributed by atoms with E-state index in [9.17, 15) is 0 Å². The summed E-state index contributed by atoms with van der Waals surface area (Å²) in [5, 5.41) is 0.840. The molecule has 0 saturated carbocycles. The maximum atomic E-state index is 5.65. The summed E-state index contributed by atoms with van der Waals surface area (Å²) < 4.78 is 0. The van der Waals surface area contributed by atoms with Gasteiger partial charge in [-0.05, 0) is 17.7 Å². The van der Waals surface area contributed by atoms with Gasteiger partial charge in [0.15, 0.2) is 11.9 Å². The Morgan fingerprint density at radius 1 is 1.22 bits per heavy atom. The van der Waals surface area contributed by atoms with Crippen LogP contribution < -0.4 is 5.73 Å². The number of amidine groups is 1. The number of aromatic nitrogens is 1. The first-order valence-electron chi connectivity index (χ1n) is 5.37. The minimum atomic E-state index is -0.177. The quantitative estimate of drug-likeness (QED) is 0.852. The van der Waals surface area contributed by atoms with E-state index in [4.69, 9.17) is 5.73 Å². The van der Waals surface area contributed by atoms with Gasteiger partial charge in [0.25, 0.3) is 0 Å². The van der Waals surface area contributed by atoms with Crippen molar-refractivity contribution in [1.29, 1.82) is 0 Å². The van der Waals surface area contributed by atoms with Crippen molar-refractivity contribution in [3.05, 3.63) is 30.1 Å². The second-order valence-corrected chi connectivity index (χ2v) is 4.71. The van der Waals surface area contributed by atoms with E-state index in [2.05, 4.69) is 25.0 Å². The summed E-state index contributed by atoms with van der Waals surface area (Å²) in [5.74, 6) is 1.67. The molecule has 0 radical (unpaired) electrons. The van der Waals surface area contributed by atoms with Gasteiger partial charge in [0.1, 0.15) is 11.4 Å². The molecule has 1 atom stereocenters. The van der Waals surface area contributed by atoms with Crippen molar-refractivity contribution in [3.8, 4) is 0 Å². The maximum absolute atomic E-state index is 5.65. The zero-order valence-corrected chi connectivity index (χ0v) is 10.2. The van der Waals surface area contributed by atoms with Gasteiger partial charge in [-0.1, -0.05) is 0 Å². The lowest BCUT2D eigenvalue weighted by Crippen LogP contribution is -2.31. The Hall–Kier alpha value is -2.02. The molecule has 0 bridgehead atoms. The molecular formula is C11H10N6S. The number of fused-ring (bicyclic) bond motifs is 1. The number of aliphatic imine (C=N–C) groups is 4. The molecule has 18 heavy (non-hydrogen) atoms. The number of rotatable bonds is 2. The van der Waals surface area contributed by atoms with Crippen molar-refractivity contribution in [2.24, 2.45) is 25.7 Å². The molecule has 0 aromatic carbocycles. The largest absolute Gasteiger partial charge is 0.368 e. The monoisotopic (exact) mass is 258 g/mol. The number of pyridine rings is 1. The zero-order chi connectivity index (χ0) is 12.4. The average molecular weight is 258 g/mol. The summed E-state index contributed by atoms with van der Waals surface area (Å²) in [6.07, 6.45) is 5.05. The molecule has 0 aliphatic carbocycles. The summed E-state index contributed by atoms with van der Waals surface area (Å²) in [6, 6.07) is 3.77. The van der Waals surface area contributed by atoms with Crippen LogP contribution in [0.25, 0.3) is 0 Å². The predicted molar refractivity (Wildman–Crippen MR) is 74.3 cm³/mol. The van der Waals surface area contributed by atoms with Gasteiger partial charge in [0.05, 0.1) is 0 Å². The molecule has 7 heteroatoms. The first kappa shape index (κ1) is 11.1. The lowest BCUT2D eigenvalue weighted by Gasteiger charge is -2.15. The van der Waals surface area contributed by atoms with Crippen LogP contribution in [0.15, 0.2) is 44.5 Å². The molecule has 2 aliphatic rings. The second-order valence-electron chi connectivity index (χ2n) is 3.72. The average Bonchev–Trinajstić information content (AvgIpc) is 2.85. The molecule has 0 spiro atoms. The van der Waals surface area contributed by atoms with E-state index in [-0.39, 0.29) is 12.0 Å². The van der Waals surface area contributed by atoms with Crippen molar-refractivity contribution in [2.75, 3.05) is 0 Å². The third-order valence-electron chi connectivity index (χ3n) is 2.47. The molecule has 2 N–H and O–H groups in total. The molecule has 1 aromatic heterocycles. The van der Waals surface area contributed by atoms with Gasteiger partial charge < -0.3 is 5.73 Å². The van der Waals surface area contributed by atoms with Gasteiger partial charge >= 0.3 is 0 Å². The third kappa shape index (κ3) is 2.17. The van der Waals surface area contributed by atoms with Gasteiger partial charge in [0.2, 0.25) is 5.96 Å². The molecule has 6 nitrogen and oxygen atoms in total. The van der Waals surface area contributed by atoms with E-state index in [1.165, 1.54) is 11.9 Å². The van der Waals surface area contributed by atoms with Crippen LogP contribution in [0.2, 0.25) is 0 Å². The number of hydrogen-bond acceptors (Lipinski definition) is 7. The molecule has 90 valence electrons. The lowest BCUT2D eigenvalue weighted by atomic mass is 10.3. The molecule has 0 amide bonds. The number of thioether (sulfide) groups is 1. The molecule has 3 rings (SSSR count). The first-order valence-corrected chi connectivity index (χ1v) is 6.35. The van der Waals surface area contributed by atoms with Crippen LogP contribution >= 0.6 is 11.8 Å². The summed E-state index contributed by atoms with van der Waals surface area (Å²) in [6.45, 7) is 0. The Labute approximate surface area is 108 Å². The van der Waals surface area contributed by atoms with Crippen molar-refractivity contribution >= 4 is 34.9 Å². The van der Waals surface area contributed by atoms with E-state index in [1.54, 1.807) is 24.2 Å². The topological polar surface area (TPSA) is 88.3 Å². The zero-order valence-electron chi connectivity index (χ0n) is 9.39. The van der Waals surface area contributed by atoms with E-state index in [0.717, 1.165) is 10.8 Å². The Morgan fingerprint density at radius 2 is 2.06 bits per heavy atom. The van der Waals surface area contributed by atoms with Crippen LogP contribution in [0.5, 0.6) is 0 Å². The van der Waals surface area contributed by atoms with Gasteiger partial charge in [-0.25, -0.2) is 9.98 Å². The summed E-state index contributed by atoms with van der Waals surface area (Å²) in [7, 11) is 0. The fraction of sp³-hybridized carbons (Fsp3) is 0.182. The smallest absolute Gasteiger partial charge is 0.222 e. The lowest BCUT2D eigenvalue weighted by molar-refractivity contribution is 1.15. The van der Waals surface area contributed by atoms with Crippen LogP contribution in [0, 0.1) is 0 Å². The second kappa shape index (κ2) is 4.69. The maximum Gasteiger partial charge on any atom is 0.222 e. The van der Waals surface area contributed by atoms with Crippen LogP contribution in [-0.2, 0) is 5.75 Å². The standard InChI is InChI=1S/C11H10N6S/c12-11-16-9-8(14-6-15-9)10(17-11)18-5-7-1-3-13-4-2-7/h1-4,6,8H,5H2,(H2,12,14,15,16). The molecule has 0 saturated heterocycles. The van der Waals surface area contributed by atoms with E-state index in [0.29, 0.717) is 5.84 Å². The number of nitrogens with two attached hydrogens (primary N) is 1.